The van der Waals surface area contributed by atoms with Gasteiger partial charge in [0, 0.05) is 0 Å². The monoisotopic (exact) mass is 103 g/mol. The van der Waals surface area contributed by atoms with E-state index in [2.05, 4.69) is 5.18 Å². The quantitative estimate of drug-likeness (QED) is 0.518. The highest BCUT2D eigenvalue weighted by Gasteiger charge is 2.14. The average Bonchev–Trinajstić information content (AvgIpc) is 1.68. The fourth-order valence-electron chi connectivity index (χ4n) is 0.0289. The number of rotatable bonds is 2. The largest absolute Gasteiger partial charge is 0.394 e. The van der Waals surface area contributed by atoms with Gasteiger partial charge in [-0.3, -0.25) is 0 Å². The van der Waals surface area contributed by atoms with Gasteiger partial charge in [0.15, 0.2) is 0 Å². The number of hydrogen-bond donors (Lipinski definition) is 1. The molecule has 0 aromatic rings. The summed E-state index contributed by atoms with van der Waals surface area (Å²) in [6, 6.07) is 0. The zero-order chi connectivity index (χ0) is 5.91. The minimum Gasteiger partial charge on any atom is -0.394 e. The van der Waals surface area contributed by atoms with Gasteiger partial charge >= 0.3 is 0 Å². The van der Waals surface area contributed by atoms with E-state index in [-0.39, 0.29) is 6.61 Å². The van der Waals surface area contributed by atoms with Gasteiger partial charge in [0.2, 0.25) is 0 Å². The van der Waals surface area contributed by atoms with Crippen molar-refractivity contribution in [3.63, 3.8) is 0 Å². The van der Waals surface area contributed by atoms with Crippen molar-refractivity contribution < 1.29 is 5.11 Å². The molecule has 0 radical (unpaired) electrons. The second-order valence-electron chi connectivity index (χ2n) is 2.06. The lowest BCUT2D eigenvalue weighted by Crippen LogP contribution is -2.20. The first-order valence-corrected chi connectivity index (χ1v) is 2.08. The van der Waals surface area contributed by atoms with Crippen LogP contribution in [0.25, 0.3) is 0 Å². The Morgan fingerprint density at radius 1 is 1.71 bits per heavy atom. The van der Waals surface area contributed by atoms with E-state index in [0.717, 1.165) is 0 Å². The van der Waals surface area contributed by atoms with Crippen LogP contribution >= 0.6 is 0 Å². The summed E-state index contributed by atoms with van der Waals surface area (Å²) >= 11 is 0. The summed E-state index contributed by atoms with van der Waals surface area (Å²) < 4.78 is 0. The van der Waals surface area contributed by atoms with E-state index < -0.39 is 5.54 Å². The number of nitrogens with zero attached hydrogens (tertiary/aromatic N) is 1. The Kier molecular flexibility index (Phi) is 1.90. The smallest absolute Gasteiger partial charge is 0.120 e. The Morgan fingerprint density at radius 2 is 2.14 bits per heavy atom. The Balaban J connectivity index is 3.58. The molecule has 3 heteroatoms. The predicted octanol–water partition coefficient (Wildman–Crippen LogP) is 0.524. The molecule has 0 aliphatic carbocycles. The first kappa shape index (κ1) is 6.56. The molecule has 0 saturated heterocycles. The summed E-state index contributed by atoms with van der Waals surface area (Å²) in [5, 5.41) is 10.9. The molecular weight excluding hydrogens is 94.0 g/mol. The third-order valence-corrected chi connectivity index (χ3v) is 0.634. The van der Waals surface area contributed by atoms with Gasteiger partial charge in [-0.25, -0.2) is 0 Å². The van der Waals surface area contributed by atoms with E-state index in [4.69, 9.17) is 5.11 Å². The molecule has 0 fully saturated rings. The van der Waals surface area contributed by atoms with Crippen LogP contribution < -0.4 is 0 Å². The zero-order valence-electron chi connectivity index (χ0n) is 4.51. The Morgan fingerprint density at radius 3 is 2.14 bits per heavy atom. The Labute approximate surface area is 42.3 Å². The number of hydrogen-bond acceptors (Lipinski definition) is 3. The molecule has 0 atom stereocenters. The lowest BCUT2D eigenvalue weighted by Gasteiger charge is -2.07. The maximum absolute atomic E-state index is 9.65. The summed E-state index contributed by atoms with van der Waals surface area (Å²) in [5.41, 5.74) is -0.792. The molecule has 3 nitrogen and oxygen atoms in total. The van der Waals surface area contributed by atoms with Crippen molar-refractivity contribution in [3.05, 3.63) is 4.91 Å². The van der Waals surface area contributed by atoms with Crippen molar-refractivity contribution in [1.29, 1.82) is 0 Å². The SMILES string of the molecule is CC(C)(CO)N=O. The van der Waals surface area contributed by atoms with E-state index in [9.17, 15) is 4.91 Å². The second-order valence-corrected chi connectivity index (χ2v) is 2.06. The van der Waals surface area contributed by atoms with Gasteiger partial charge in [-0.1, -0.05) is 5.18 Å². The summed E-state index contributed by atoms with van der Waals surface area (Å²) in [6.45, 7) is 2.95. The van der Waals surface area contributed by atoms with Crippen LogP contribution in [0.4, 0.5) is 0 Å². The molecule has 0 unspecified atom stereocenters. The normalized spacial score (nSPS) is 11.3. The molecule has 0 aromatic carbocycles. The topological polar surface area (TPSA) is 49.7 Å². The molecule has 7 heavy (non-hydrogen) atoms. The van der Waals surface area contributed by atoms with Crippen LogP contribution in [0.5, 0.6) is 0 Å². The first-order chi connectivity index (χ1) is 3.12. The van der Waals surface area contributed by atoms with Gasteiger partial charge in [-0.2, -0.15) is 4.91 Å². The van der Waals surface area contributed by atoms with E-state index in [1.807, 2.05) is 0 Å². The minimum absolute atomic E-state index is 0.184. The van der Waals surface area contributed by atoms with Crippen LogP contribution in [0, 0.1) is 4.91 Å². The molecule has 0 aliphatic heterocycles. The summed E-state index contributed by atoms with van der Waals surface area (Å²) in [5.74, 6) is 0. The predicted molar refractivity (Wildman–Crippen MR) is 27.0 cm³/mol. The molecule has 0 spiro atoms. The van der Waals surface area contributed by atoms with Crippen LogP contribution in [0.1, 0.15) is 13.8 Å². The molecule has 0 heterocycles. The third kappa shape index (κ3) is 2.28. The maximum atomic E-state index is 9.65. The third-order valence-electron chi connectivity index (χ3n) is 0.634. The molecule has 1 N–H and O–H groups in total. The summed E-state index contributed by atoms with van der Waals surface area (Å²) in [7, 11) is 0. The number of aliphatic hydroxyl groups excluding tert-OH is 1. The fraction of sp³-hybridized carbons (Fsp3) is 1.00. The number of nitroso groups, excluding NO2 is 1. The highest BCUT2D eigenvalue weighted by molar-refractivity contribution is 4.73. The highest BCUT2D eigenvalue weighted by atomic mass is 16.3. The van der Waals surface area contributed by atoms with Crippen molar-refractivity contribution in [2.45, 2.75) is 19.4 Å². The van der Waals surface area contributed by atoms with Crippen molar-refractivity contribution in [1.82, 2.24) is 0 Å². The molecule has 0 bridgehead atoms. The second kappa shape index (κ2) is 2.02. The molecular formula is C4H9NO2. The van der Waals surface area contributed by atoms with Crippen molar-refractivity contribution in [2.24, 2.45) is 5.18 Å². The van der Waals surface area contributed by atoms with Crippen molar-refractivity contribution in [3.8, 4) is 0 Å². The molecule has 0 rings (SSSR count). The van der Waals surface area contributed by atoms with Gasteiger partial charge in [-0.05, 0) is 13.8 Å². The Bertz CT molecular complexity index is 70.1. The van der Waals surface area contributed by atoms with E-state index in [1.165, 1.54) is 0 Å². The van der Waals surface area contributed by atoms with E-state index in [0.29, 0.717) is 0 Å². The van der Waals surface area contributed by atoms with Gasteiger partial charge in [0.05, 0.1) is 6.61 Å². The van der Waals surface area contributed by atoms with Gasteiger partial charge in [-0.15, -0.1) is 0 Å². The average molecular weight is 103 g/mol. The summed E-state index contributed by atoms with van der Waals surface area (Å²) in [4.78, 5) is 9.65. The standard InChI is InChI=1S/C4H9NO2/c1-4(2,3-6)5-7/h6H,3H2,1-2H3. The van der Waals surface area contributed by atoms with Crippen LogP contribution in [0.2, 0.25) is 0 Å². The minimum atomic E-state index is -0.792. The fourth-order valence-corrected chi connectivity index (χ4v) is 0.0289. The van der Waals surface area contributed by atoms with Gasteiger partial charge in [0.1, 0.15) is 5.54 Å². The van der Waals surface area contributed by atoms with E-state index in [1.54, 1.807) is 13.8 Å². The summed E-state index contributed by atoms with van der Waals surface area (Å²) in [6.07, 6.45) is 0. The number of aliphatic hydroxyl groups is 1. The van der Waals surface area contributed by atoms with E-state index >= 15 is 0 Å². The van der Waals surface area contributed by atoms with Gasteiger partial charge < -0.3 is 5.11 Å². The van der Waals surface area contributed by atoms with Crippen LogP contribution in [0.3, 0.4) is 0 Å². The van der Waals surface area contributed by atoms with Crippen molar-refractivity contribution >= 4 is 0 Å². The van der Waals surface area contributed by atoms with Crippen LogP contribution in [-0.2, 0) is 0 Å². The molecule has 0 aromatic heterocycles. The molecule has 42 valence electrons. The van der Waals surface area contributed by atoms with Crippen LogP contribution in [0.15, 0.2) is 5.18 Å². The lowest BCUT2D eigenvalue weighted by atomic mass is 10.1. The molecule has 0 saturated carbocycles. The van der Waals surface area contributed by atoms with Gasteiger partial charge in [0.25, 0.3) is 0 Å². The van der Waals surface area contributed by atoms with Crippen LogP contribution in [-0.4, -0.2) is 17.3 Å². The molecule has 0 amide bonds. The van der Waals surface area contributed by atoms with Crippen molar-refractivity contribution in [2.75, 3.05) is 6.61 Å². The highest BCUT2D eigenvalue weighted by Crippen LogP contribution is 2.04. The lowest BCUT2D eigenvalue weighted by molar-refractivity contribution is 0.221. The Hall–Kier alpha value is -0.440. The maximum Gasteiger partial charge on any atom is 0.120 e. The first-order valence-electron chi connectivity index (χ1n) is 2.08. The molecule has 0 aliphatic rings. The zero-order valence-corrected chi connectivity index (χ0v) is 4.51.